The van der Waals surface area contributed by atoms with Crippen LogP contribution in [0.5, 0.6) is 0 Å². The van der Waals surface area contributed by atoms with Crippen molar-refractivity contribution in [3.05, 3.63) is 28.8 Å². The van der Waals surface area contributed by atoms with Gasteiger partial charge in [-0.05, 0) is 37.6 Å². The van der Waals surface area contributed by atoms with Crippen molar-refractivity contribution in [1.29, 1.82) is 0 Å². The van der Waals surface area contributed by atoms with Gasteiger partial charge in [0.2, 0.25) is 10.0 Å². The molecule has 2 N–H and O–H groups in total. The molecule has 0 saturated heterocycles. The van der Waals surface area contributed by atoms with Crippen LogP contribution in [0.1, 0.15) is 37.7 Å². The molecule has 0 heterocycles. The Kier molecular flexibility index (Phi) is 5.43. The number of rotatable bonds is 5. The molecule has 1 fully saturated rings. The predicted octanol–water partition coefficient (Wildman–Crippen LogP) is 2.67. The molecule has 112 valence electrons. The molecule has 0 unspecified atom stereocenters. The lowest BCUT2D eigenvalue weighted by atomic mass is 9.96. The van der Waals surface area contributed by atoms with Gasteiger partial charge in [0.15, 0.2) is 0 Å². The molecule has 4 nitrogen and oxygen atoms in total. The van der Waals surface area contributed by atoms with E-state index in [-0.39, 0.29) is 10.9 Å². The van der Waals surface area contributed by atoms with Crippen LogP contribution in [-0.2, 0) is 16.6 Å². The smallest absolute Gasteiger partial charge is 0.240 e. The van der Waals surface area contributed by atoms with Crippen LogP contribution in [0.15, 0.2) is 23.1 Å². The zero-order chi connectivity index (χ0) is 14.6. The van der Waals surface area contributed by atoms with Gasteiger partial charge in [-0.3, -0.25) is 0 Å². The standard InChI is InChI=1S/C14H21ClN2O2S/c1-16-10-11-7-8-13(9-14(11)15)20(18,19)17-12-5-3-2-4-6-12/h7-9,12,16-17H,2-6,10H2,1H3. The van der Waals surface area contributed by atoms with Crippen molar-refractivity contribution in [3.8, 4) is 0 Å². The zero-order valence-corrected chi connectivity index (χ0v) is 13.2. The summed E-state index contributed by atoms with van der Waals surface area (Å²) >= 11 is 6.12. The maximum Gasteiger partial charge on any atom is 0.240 e. The van der Waals surface area contributed by atoms with Gasteiger partial charge in [-0.15, -0.1) is 0 Å². The molecule has 0 spiro atoms. The molecule has 20 heavy (non-hydrogen) atoms. The zero-order valence-electron chi connectivity index (χ0n) is 11.7. The van der Waals surface area contributed by atoms with Crippen molar-refractivity contribution >= 4 is 21.6 Å². The molecule has 1 aliphatic rings. The Morgan fingerprint density at radius 3 is 2.55 bits per heavy atom. The summed E-state index contributed by atoms with van der Waals surface area (Å²) < 4.78 is 27.5. The number of nitrogens with one attached hydrogen (secondary N) is 2. The van der Waals surface area contributed by atoms with E-state index in [1.807, 2.05) is 7.05 Å². The predicted molar refractivity (Wildman–Crippen MR) is 81.4 cm³/mol. The van der Waals surface area contributed by atoms with Crippen LogP contribution in [0.3, 0.4) is 0 Å². The lowest BCUT2D eigenvalue weighted by Gasteiger charge is -2.22. The summed E-state index contributed by atoms with van der Waals surface area (Å²) in [5.74, 6) is 0. The normalized spacial score (nSPS) is 17.3. The Hall–Kier alpha value is -0.620. The second kappa shape index (κ2) is 6.89. The number of benzene rings is 1. The SMILES string of the molecule is CNCc1ccc(S(=O)(=O)NC2CCCCC2)cc1Cl. The first-order valence-corrected chi connectivity index (χ1v) is 8.84. The van der Waals surface area contributed by atoms with Crippen LogP contribution in [0.4, 0.5) is 0 Å². The fraction of sp³-hybridized carbons (Fsp3) is 0.571. The van der Waals surface area contributed by atoms with Gasteiger partial charge < -0.3 is 5.32 Å². The highest BCUT2D eigenvalue weighted by atomic mass is 35.5. The van der Waals surface area contributed by atoms with Crippen LogP contribution < -0.4 is 10.0 Å². The largest absolute Gasteiger partial charge is 0.316 e. The minimum absolute atomic E-state index is 0.0597. The topological polar surface area (TPSA) is 58.2 Å². The fourth-order valence-corrected chi connectivity index (χ4v) is 4.18. The molecule has 2 rings (SSSR count). The van der Waals surface area contributed by atoms with E-state index in [1.54, 1.807) is 12.1 Å². The van der Waals surface area contributed by atoms with Crippen molar-refractivity contribution in [2.24, 2.45) is 0 Å². The highest BCUT2D eigenvalue weighted by molar-refractivity contribution is 7.89. The molecule has 1 aromatic rings. The lowest BCUT2D eigenvalue weighted by molar-refractivity contribution is 0.412. The number of sulfonamides is 1. The van der Waals surface area contributed by atoms with Gasteiger partial charge in [-0.25, -0.2) is 13.1 Å². The molecule has 6 heteroatoms. The van der Waals surface area contributed by atoms with Gasteiger partial charge in [0.25, 0.3) is 0 Å². The average Bonchev–Trinajstić information content (AvgIpc) is 2.42. The van der Waals surface area contributed by atoms with Gasteiger partial charge in [0, 0.05) is 17.6 Å². The van der Waals surface area contributed by atoms with E-state index < -0.39 is 10.0 Å². The maximum atomic E-state index is 12.3. The van der Waals surface area contributed by atoms with E-state index in [0.717, 1.165) is 31.2 Å². The summed E-state index contributed by atoms with van der Waals surface area (Å²) in [6.07, 6.45) is 5.22. The molecule has 0 atom stereocenters. The van der Waals surface area contributed by atoms with Crippen molar-refractivity contribution in [1.82, 2.24) is 10.0 Å². The van der Waals surface area contributed by atoms with Crippen molar-refractivity contribution < 1.29 is 8.42 Å². The van der Waals surface area contributed by atoms with Crippen LogP contribution in [0.25, 0.3) is 0 Å². The van der Waals surface area contributed by atoms with E-state index in [1.165, 1.54) is 12.5 Å². The molecule has 0 amide bonds. The van der Waals surface area contributed by atoms with Crippen LogP contribution >= 0.6 is 11.6 Å². The molecule has 1 saturated carbocycles. The molecule has 0 aromatic heterocycles. The first kappa shape index (κ1) is 15.8. The Morgan fingerprint density at radius 2 is 1.95 bits per heavy atom. The highest BCUT2D eigenvalue weighted by Gasteiger charge is 2.22. The Labute approximate surface area is 126 Å². The molecular formula is C14H21ClN2O2S. The Balaban J connectivity index is 2.14. The molecule has 0 aliphatic heterocycles. The minimum atomic E-state index is -3.47. The van der Waals surface area contributed by atoms with Gasteiger partial charge in [0.1, 0.15) is 0 Å². The highest BCUT2D eigenvalue weighted by Crippen LogP contribution is 2.23. The summed E-state index contributed by atoms with van der Waals surface area (Å²) in [6, 6.07) is 4.96. The fourth-order valence-electron chi connectivity index (χ4n) is 2.54. The second-order valence-corrected chi connectivity index (χ2v) is 7.36. The van der Waals surface area contributed by atoms with E-state index in [9.17, 15) is 8.42 Å². The van der Waals surface area contributed by atoms with Gasteiger partial charge in [0.05, 0.1) is 4.90 Å². The molecule has 0 radical (unpaired) electrons. The summed E-state index contributed by atoms with van der Waals surface area (Å²) in [4.78, 5) is 0.243. The quantitative estimate of drug-likeness (QED) is 0.878. The van der Waals surface area contributed by atoms with Crippen molar-refractivity contribution in [2.75, 3.05) is 7.05 Å². The third-order valence-electron chi connectivity index (χ3n) is 3.63. The monoisotopic (exact) mass is 316 g/mol. The van der Waals surface area contributed by atoms with Crippen LogP contribution in [0, 0.1) is 0 Å². The molecule has 1 aromatic carbocycles. The van der Waals surface area contributed by atoms with Gasteiger partial charge >= 0.3 is 0 Å². The van der Waals surface area contributed by atoms with E-state index in [2.05, 4.69) is 10.0 Å². The van der Waals surface area contributed by atoms with Crippen molar-refractivity contribution in [2.45, 2.75) is 49.6 Å². The third kappa shape index (κ3) is 3.95. The Morgan fingerprint density at radius 1 is 1.25 bits per heavy atom. The van der Waals surface area contributed by atoms with E-state index in [4.69, 9.17) is 11.6 Å². The van der Waals surface area contributed by atoms with Crippen LogP contribution in [0.2, 0.25) is 5.02 Å². The maximum absolute atomic E-state index is 12.3. The third-order valence-corrected chi connectivity index (χ3v) is 5.50. The van der Waals surface area contributed by atoms with Gasteiger partial charge in [-0.1, -0.05) is 36.9 Å². The lowest BCUT2D eigenvalue weighted by Crippen LogP contribution is -2.36. The first-order chi connectivity index (χ1) is 9.53. The van der Waals surface area contributed by atoms with Crippen molar-refractivity contribution in [3.63, 3.8) is 0 Å². The van der Waals surface area contributed by atoms with E-state index in [0.29, 0.717) is 11.6 Å². The summed E-state index contributed by atoms with van der Waals surface area (Å²) in [7, 11) is -1.64. The molecular weight excluding hydrogens is 296 g/mol. The first-order valence-electron chi connectivity index (χ1n) is 6.98. The van der Waals surface area contributed by atoms with Gasteiger partial charge in [-0.2, -0.15) is 0 Å². The average molecular weight is 317 g/mol. The molecule has 0 bridgehead atoms. The molecule has 1 aliphatic carbocycles. The minimum Gasteiger partial charge on any atom is -0.316 e. The number of halogens is 1. The Bertz CT molecular complexity index is 554. The summed E-state index contributed by atoms with van der Waals surface area (Å²) in [5, 5.41) is 3.48. The van der Waals surface area contributed by atoms with Crippen LogP contribution in [-0.4, -0.2) is 21.5 Å². The van der Waals surface area contributed by atoms with E-state index >= 15 is 0 Å². The second-order valence-electron chi connectivity index (χ2n) is 5.24. The number of hydrogen-bond acceptors (Lipinski definition) is 3. The number of hydrogen-bond donors (Lipinski definition) is 2. The summed E-state index contributed by atoms with van der Waals surface area (Å²) in [5.41, 5.74) is 0.894. The summed E-state index contributed by atoms with van der Waals surface area (Å²) in [6.45, 7) is 0.620.